The van der Waals surface area contributed by atoms with E-state index in [1.165, 1.54) is 24.3 Å². The average Bonchev–Trinajstić information content (AvgIpc) is 3.12. The lowest BCUT2D eigenvalue weighted by Crippen LogP contribution is -2.37. The van der Waals surface area contributed by atoms with Crippen LogP contribution in [0.1, 0.15) is 22.5 Å². The van der Waals surface area contributed by atoms with Crippen LogP contribution in [0.25, 0.3) is 6.08 Å². The number of imide groups is 1. The van der Waals surface area contributed by atoms with Gasteiger partial charge in [-0.3, -0.25) is 34.1 Å². The molecule has 0 unspecified atom stereocenters. The summed E-state index contributed by atoms with van der Waals surface area (Å²) >= 11 is 6.53. The van der Waals surface area contributed by atoms with Crippen LogP contribution in [0.15, 0.2) is 23.1 Å². The molecule has 168 valence electrons. The van der Waals surface area contributed by atoms with Crippen molar-refractivity contribution < 1.29 is 19.3 Å². The molecule has 1 aliphatic rings. The Morgan fingerprint density at radius 1 is 1.34 bits per heavy atom. The third-order valence-corrected chi connectivity index (χ3v) is 6.22. The molecule has 32 heavy (non-hydrogen) atoms. The fourth-order valence-electron chi connectivity index (χ4n) is 3.21. The number of aromatic nitrogens is 2. The van der Waals surface area contributed by atoms with E-state index in [0.717, 1.165) is 33.6 Å². The summed E-state index contributed by atoms with van der Waals surface area (Å²) in [6.07, 6.45) is 1.56. The second-order valence-corrected chi connectivity index (χ2v) is 8.50. The zero-order valence-corrected chi connectivity index (χ0v) is 19.1. The predicted octanol–water partition coefficient (Wildman–Crippen LogP) is 2.99. The summed E-state index contributed by atoms with van der Waals surface area (Å²) in [5.74, 6) is -0.758. The van der Waals surface area contributed by atoms with Gasteiger partial charge in [0.25, 0.3) is 16.8 Å². The summed E-state index contributed by atoms with van der Waals surface area (Å²) in [5.41, 5.74) is 2.61. The zero-order chi connectivity index (χ0) is 23.6. The molecule has 1 saturated heterocycles. The van der Waals surface area contributed by atoms with Crippen molar-refractivity contribution in [2.24, 2.45) is 7.05 Å². The lowest BCUT2D eigenvalue weighted by molar-refractivity contribution is -0.384. The number of hydrogen-bond acceptors (Lipinski definition) is 7. The standard InChI is InChI=1S/C20H20ClN5O5S/c1-11-14(12(2)24(3)23-11)10-18(27)22-6-7-25-19(28)17(32-20(25)29)9-13-4-5-15(21)16(8-13)26(30)31/h4-5,8-9H,6-7,10H2,1-3H3,(H,22,27)/b17-9+. The van der Waals surface area contributed by atoms with Crippen molar-refractivity contribution >= 4 is 52.2 Å². The topological polar surface area (TPSA) is 127 Å². The second-order valence-electron chi connectivity index (χ2n) is 7.10. The van der Waals surface area contributed by atoms with Crippen LogP contribution in [0.5, 0.6) is 0 Å². The van der Waals surface area contributed by atoms with E-state index in [2.05, 4.69) is 10.4 Å². The molecule has 0 spiro atoms. The first-order valence-electron chi connectivity index (χ1n) is 9.53. The van der Waals surface area contributed by atoms with E-state index in [-0.39, 0.29) is 41.0 Å². The highest BCUT2D eigenvalue weighted by molar-refractivity contribution is 8.18. The molecule has 1 N–H and O–H groups in total. The molecule has 0 radical (unpaired) electrons. The van der Waals surface area contributed by atoms with Gasteiger partial charge in [-0.1, -0.05) is 17.7 Å². The maximum Gasteiger partial charge on any atom is 0.293 e. The van der Waals surface area contributed by atoms with E-state index in [9.17, 15) is 24.5 Å². The highest BCUT2D eigenvalue weighted by Gasteiger charge is 2.34. The number of nitrogens with zero attached hydrogens (tertiary/aromatic N) is 4. The molecule has 2 heterocycles. The van der Waals surface area contributed by atoms with Crippen molar-refractivity contribution in [1.82, 2.24) is 20.0 Å². The Kier molecular flexibility index (Phi) is 6.99. The van der Waals surface area contributed by atoms with Crippen LogP contribution in [0.2, 0.25) is 5.02 Å². The summed E-state index contributed by atoms with van der Waals surface area (Å²) in [4.78, 5) is 48.7. The van der Waals surface area contributed by atoms with E-state index < -0.39 is 16.1 Å². The van der Waals surface area contributed by atoms with Crippen molar-refractivity contribution in [2.45, 2.75) is 20.3 Å². The Labute approximate surface area is 192 Å². The maximum atomic E-state index is 12.6. The first-order chi connectivity index (χ1) is 15.1. The number of halogens is 1. The van der Waals surface area contributed by atoms with Crippen LogP contribution >= 0.6 is 23.4 Å². The Balaban J connectivity index is 1.60. The molecule has 0 aliphatic carbocycles. The van der Waals surface area contributed by atoms with Gasteiger partial charge in [0.15, 0.2) is 0 Å². The number of rotatable bonds is 7. The molecule has 1 aromatic heterocycles. The Hall–Kier alpha value is -3.18. The van der Waals surface area contributed by atoms with Crippen LogP contribution in [0.4, 0.5) is 10.5 Å². The molecule has 2 aromatic rings. The van der Waals surface area contributed by atoms with Gasteiger partial charge in [0.05, 0.1) is 21.9 Å². The minimum atomic E-state index is -0.622. The second kappa shape index (κ2) is 9.53. The van der Waals surface area contributed by atoms with Gasteiger partial charge in [-0.15, -0.1) is 0 Å². The van der Waals surface area contributed by atoms with Crippen LogP contribution in [-0.4, -0.2) is 49.7 Å². The number of amides is 3. The van der Waals surface area contributed by atoms with E-state index in [1.807, 2.05) is 13.8 Å². The SMILES string of the molecule is Cc1nn(C)c(C)c1CC(=O)NCCN1C(=O)S/C(=C/c2ccc(Cl)c([N+](=O)[O-])c2)C1=O. The minimum absolute atomic E-state index is 0.0134. The number of hydrogen-bond donors (Lipinski definition) is 1. The average molecular weight is 478 g/mol. The number of carbonyl (C=O) groups is 3. The van der Waals surface area contributed by atoms with Crippen molar-refractivity contribution in [3.63, 3.8) is 0 Å². The summed E-state index contributed by atoms with van der Waals surface area (Å²) in [6.45, 7) is 3.83. The number of nitro benzene ring substituents is 1. The third-order valence-electron chi connectivity index (χ3n) is 4.99. The fourth-order valence-corrected chi connectivity index (χ4v) is 4.26. The van der Waals surface area contributed by atoms with E-state index in [4.69, 9.17) is 11.6 Å². The van der Waals surface area contributed by atoms with Crippen LogP contribution < -0.4 is 5.32 Å². The van der Waals surface area contributed by atoms with Gasteiger partial charge in [0, 0.05) is 37.5 Å². The van der Waals surface area contributed by atoms with Gasteiger partial charge >= 0.3 is 0 Å². The molecule has 0 atom stereocenters. The van der Waals surface area contributed by atoms with Crippen LogP contribution in [0, 0.1) is 24.0 Å². The highest BCUT2D eigenvalue weighted by atomic mass is 35.5. The molecule has 10 nitrogen and oxygen atoms in total. The molecule has 1 aliphatic heterocycles. The van der Waals surface area contributed by atoms with Gasteiger partial charge in [-0.2, -0.15) is 5.10 Å². The van der Waals surface area contributed by atoms with Gasteiger partial charge in [0.2, 0.25) is 5.91 Å². The number of carbonyl (C=O) groups excluding carboxylic acids is 3. The molecule has 3 amide bonds. The zero-order valence-electron chi connectivity index (χ0n) is 17.5. The molecule has 0 saturated carbocycles. The molecule has 1 fully saturated rings. The van der Waals surface area contributed by atoms with Gasteiger partial charge in [-0.25, -0.2) is 0 Å². The molecule has 0 bridgehead atoms. The minimum Gasteiger partial charge on any atom is -0.354 e. The Morgan fingerprint density at radius 2 is 2.06 bits per heavy atom. The van der Waals surface area contributed by atoms with E-state index in [0.29, 0.717) is 5.56 Å². The third kappa shape index (κ3) is 5.00. The number of thioether (sulfide) groups is 1. The van der Waals surface area contributed by atoms with Crippen molar-refractivity contribution in [2.75, 3.05) is 13.1 Å². The first kappa shape index (κ1) is 23.5. The number of benzene rings is 1. The van der Waals surface area contributed by atoms with Crippen LogP contribution in [-0.2, 0) is 23.1 Å². The smallest absolute Gasteiger partial charge is 0.293 e. The monoisotopic (exact) mass is 477 g/mol. The highest BCUT2D eigenvalue weighted by Crippen LogP contribution is 2.33. The summed E-state index contributed by atoms with van der Waals surface area (Å²) in [7, 11) is 1.80. The predicted molar refractivity (Wildman–Crippen MR) is 120 cm³/mol. The van der Waals surface area contributed by atoms with E-state index >= 15 is 0 Å². The van der Waals surface area contributed by atoms with Gasteiger partial charge < -0.3 is 5.32 Å². The maximum absolute atomic E-state index is 12.6. The molecular weight excluding hydrogens is 458 g/mol. The number of nitrogens with one attached hydrogen (secondary N) is 1. The fraction of sp³-hybridized carbons (Fsp3) is 0.300. The Morgan fingerprint density at radius 3 is 2.69 bits per heavy atom. The van der Waals surface area contributed by atoms with E-state index in [1.54, 1.807) is 11.7 Å². The largest absolute Gasteiger partial charge is 0.354 e. The first-order valence-corrected chi connectivity index (χ1v) is 10.7. The Bertz CT molecular complexity index is 1160. The lowest BCUT2D eigenvalue weighted by atomic mass is 10.1. The number of nitro groups is 1. The summed E-state index contributed by atoms with van der Waals surface area (Å²) in [6, 6.07) is 4.11. The van der Waals surface area contributed by atoms with Gasteiger partial charge in [-0.05, 0) is 43.3 Å². The number of aryl methyl sites for hydroxylation is 2. The molecule has 12 heteroatoms. The lowest BCUT2D eigenvalue weighted by Gasteiger charge is -2.13. The summed E-state index contributed by atoms with van der Waals surface area (Å²) in [5, 5.41) is 17.5. The van der Waals surface area contributed by atoms with Crippen molar-refractivity contribution in [1.29, 1.82) is 0 Å². The molecular formula is C20H20ClN5O5S. The van der Waals surface area contributed by atoms with Crippen LogP contribution in [0.3, 0.4) is 0 Å². The molecule has 1 aromatic carbocycles. The quantitative estimate of drug-likeness (QED) is 0.369. The molecule has 3 rings (SSSR count). The van der Waals surface area contributed by atoms with Crippen molar-refractivity contribution in [3.8, 4) is 0 Å². The van der Waals surface area contributed by atoms with Gasteiger partial charge in [0.1, 0.15) is 5.02 Å². The normalized spacial score (nSPS) is 15.0. The summed E-state index contributed by atoms with van der Waals surface area (Å²) < 4.78 is 1.71. The van der Waals surface area contributed by atoms with Crippen molar-refractivity contribution in [3.05, 3.63) is 60.8 Å².